The number of urea groups is 1. The molecule has 0 aliphatic carbocycles. The Morgan fingerprint density at radius 1 is 0.964 bits per heavy atom. The molecule has 0 unspecified atom stereocenters. The molecule has 0 saturated carbocycles. The van der Waals surface area contributed by atoms with Crippen molar-refractivity contribution in [2.75, 3.05) is 5.32 Å². The third-order valence-electron chi connectivity index (χ3n) is 4.72. The van der Waals surface area contributed by atoms with Gasteiger partial charge in [0.25, 0.3) is 0 Å². The van der Waals surface area contributed by atoms with Gasteiger partial charge in [-0.15, -0.1) is 0 Å². The number of aromatic nitrogens is 2. The van der Waals surface area contributed by atoms with Gasteiger partial charge in [0.2, 0.25) is 0 Å². The quantitative estimate of drug-likeness (QED) is 0.602. The van der Waals surface area contributed by atoms with Crippen LogP contribution in [0.3, 0.4) is 0 Å². The van der Waals surface area contributed by atoms with Gasteiger partial charge in [-0.2, -0.15) is 5.10 Å². The van der Waals surface area contributed by atoms with Crippen LogP contribution < -0.4 is 10.6 Å². The van der Waals surface area contributed by atoms with E-state index in [9.17, 15) is 4.79 Å². The fourth-order valence-corrected chi connectivity index (χ4v) is 3.21. The van der Waals surface area contributed by atoms with Crippen LogP contribution in [0.1, 0.15) is 56.2 Å². The fraction of sp³-hybridized carbons (Fsp3) is 0.304. The Balaban J connectivity index is 1.68. The third-order valence-corrected chi connectivity index (χ3v) is 4.72. The standard InChI is InChI=1S/C23H28N4O/c1-16(2)20-11-8-12-21(17(3)4)22(20)26-23(28)24-13-18-14-25-27(15-18)19-9-6-5-7-10-19/h5-12,14-17H,13H2,1-4H3,(H2,24,26,28). The van der Waals surface area contributed by atoms with Crippen LogP contribution in [-0.2, 0) is 6.54 Å². The molecule has 0 saturated heterocycles. The first kappa shape index (κ1) is 19.7. The highest BCUT2D eigenvalue weighted by atomic mass is 16.2. The van der Waals surface area contributed by atoms with E-state index in [1.54, 1.807) is 10.9 Å². The van der Waals surface area contributed by atoms with Crippen molar-refractivity contribution in [2.45, 2.75) is 46.1 Å². The van der Waals surface area contributed by atoms with Crippen molar-refractivity contribution in [3.05, 3.63) is 77.6 Å². The van der Waals surface area contributed by atoms with Crippen LogP contribution in [0.15, 0.2) is 60.9 Å². The summed E-state index contributed by atoms with van der Waals surface area (Å²) in [7, 11) is 0. The number of rotatable bonds is 6. The molecular formula is C23H28N4O. The molecule has 0 atom stereocenters. The van der Waals surface area contributed by atoms with E-state index < -0.39 is 0 Å². The Morgan fingerprint density at radius 2 is 1.61 bits per heavy atom. The zero-order valence-electron chi connectivity index (χ0n) is 16.9. The summed E-state index contributed by atoms with van der Waals surface area (Å²) in [6, 6.07) is 15.9. The zero-order chi connectivity index (χ0) is 20.1. The van der Waals surface area contributed by atoms with Crippen molar-refractivity contribution in [2.24, 2.45) is 0 Å². The maximum Gasteiger partial charge on any atom is 0.319 e. The Kier molecular flexibility index (Phi) is 6.14. The highest BCUT2D eigenvalue weighted by Gasteiger charge is 2.15. The number of anilines is 1. The molecule has 2 aromatic carbocycles. The summed E-state index contributed by atoms with van der Waals surface area (Å²) >= 11 is 0. The number of amides is 2. The number of para-hydroxylation sites is 2. The van der Waals surface area contributed by atoms with E-state index >= 15 is 0 Å². The van der Waals surface area contributed by atoms with Crippen LogP contribution in [0.5, 0.6) is 0 Å². The smallest absolute Gasteiger partial charge is 0.319 e. The number of nitrogens with zero attached hydrogens (tertiary/aromatic N) is 2. The third kappa shape index (κ3) is 4.60. The molecule has 0 aliphatic heterocycles. The van der Waals surface area contributed by atoms with E-state index in [1.165, 1.54) is 0 Å². The molecule has 5 nitrogen and oxygen atoms in total. The number of carbonyl (C=O) groups excluding carboxylic acids is 1. The van der Waals surface area contributed by atoms with Gasteiger partial charge in [-0.3, -0.25) is 0 Å². The molecule has 1 aromatic heterocycles. The number of carbonyl (C=O) groups is 1. The first-order chi connectivity index (χ1) is 13.5. The Morgan fingerprint density at radius 3 is 2.21 bits per heavy atom. The predicted molar refractivity (Wildman–Crippen MR) is 114 cm³/mol. The lowest BCUT2D eigenvalue weighted by Gasteiger charge is -2.20. The molecule has 1 heterocycles. The van der Waals surface area contributed by atoms with Gasteiger partial charge in [0.05, 0.1) is 11.9 Å². The van der Waals surface area contributed by atoms with E-state index in [1.807, 2.05) is 36.5 Å². The van der Waals surface area contributed by atoms with E-state index in [0.717, 1.165) is 28.1 Å². The molecular weight excluding hydrogens is 348 g/mol. The van der Waals surface area contributed by atoms with Crippen molar-refractivity contribution >= 4 is 11.7 Å². The van der Waals surface area contributed by atoms with Gasteiger partial charge in [0.15, 0.2) is 0 Å². The maximum absolute atomic E-state index is 12.6. The molecule has 146 valence electrons. The summed E-state index contributed by atoms with van der Waals surface area (Å²) in [4.78, 5) is 12.6. The molecule has 3 aromatic rings. The second kappa shape index (κ2) is 8.74. The van der Waals surface area contributed by atoms with E-state index in [2.05, 4.69) is 61.6 Å². The molecule has 0 fully saturated rings. The molecule has 0 bridgehead atoms. The lowest BCUT2D eigenvalue weighted by molar-refractivity contribution is 0.251. The van der Waals surface area contributed by atoms with Gasteiger partial charge >= 0.3 is 6.03 Å². The van der Waals surface area contributed by atoms with Crippen LogP contribution in [0.2, 0.25) is 0 Å². The monoisotopic (exact) mass is 376 g/mol. The minimum absolute atomic E-state index is 0.206. The zero-order valence-corrected chi connectivity index (χ0v) is 16.9. The average molecular weight is 377 g/mol. The number of hydrogen-bond acceptors (Lipinski definition) is 2. The van der Waals surface area contributed by atoms with E-state index in [4.69, 9.17) is 0 Å². The second-order valence-corrected chi connectivity index (χ2v) is 7.56. The summed E-state index contributed by atoms with van der Waals surface area (Å²) in [5, 5.41) is 10.4. The molecule has 0 spiro atoms. The van der Waals surface area contributed by atoms with Gasteiger partial charge in [-0.25, -0.2) is 9.48 Å². The van der Waals surface area contributed by atoms with Crippen molar-refractivity contribution in [3.8, 4) is 5.69 Å². The van der Waals surface area contributed by atoms with Crippen molar-refractivity contribution < 1.29 is 4.79 Å². The molecule has 2 amide bonds. The van der Waals surface area contributed by atoms with Gasteiger partial charge in [0, 0.05) is 24.0 Å². The first-order valence-electron chi connectivity index (χ1n) is 9.72. The van der Waals surface area contributed by atoms with E-state index in [0.29, 0.717) is 18.4 Å². The van der Waals surface area contributed by atoms with Crippen molar-refractivity contribution in [3.63, 3.8) is 0 Å². The molecule has 5 heteroatoms. The van der Waals surface area contributed by atoms with Crippen LogP contribution in [-0.4, -0.2) is 15.8 Å². The van der Waals surface area contributed by atoms with Crippen LogP contribution in [0, 0.1) is 0 Å². The Labute approximate surface area is 166 Å². The van der Waals surface area contributed by atoms with Gasteiger partial charge in [-0.1, -0.05) is 64.1 Å². The van der Waals surface area contributed by atoms with Crippen molar-refractivity contribution in [1.29, 1.82) is 0 Å². The lowest BCUT2D eigenvalue weighted by atomic mass is 9.93. The van der Waals surface area contributed by atoms with Gasteiger partial charge < -0.3 is 10.6 Å². The first-order valence-corrected chi connectivity index (χ1v) is 9.72. The summed E-state index contributed by atoms with van der Waals surface area (Å²) in [5.74, 6) is 0.663. The predicted octanol–water partition coefficient (Wildman–Crippen LogP) is 5.44. The minimum Gasteiger partial charge on any atom is -0.334 e. The molecule has 0 radical (unpaired) electrons. The number of benzene rings is 2. The summed E-state index contributed by atoms with van der Waals surface area (Å²) in [6.07, 6.45) is 3.70. The Bertz CT molecular complexity index is 903. The maximum atomic E-state index is 12.6. The number of hydrogen-bond donors (Lipinski definition) is 2. The fourth-order valence-electron chi connectivity index (χ4n) is 3.21. The lowest BCUT2D eigenvalue weighted by Crippen LogP contribution is -2.29. The second-order valence-electron chi connectivity index (χ2n) is 7.56. The molecule has 28 heavy (non-hydrogen) atoms. The SMILES string of the molecule is CC(C)c1cccc(C(C)C)c1NC(=O)NCc1cnn(-c2ccccc2)c1. The highest BCUT2D eigenvalue weighted by Crippen LogP contribution is 2.32. The summed E-state index contributed by atoms with van der Waals surface area (Å²) in [6.45, 7) is 8.97. The minimum atomic E-state index is -0.206. The number of nitrogens with one attached hydrogen (secondary N) is 2. The molecule has 3 rings (SSSR count). The largest absolute Gasteiger partial charge is 0.334 e. The normalized spacial score (nSPS) is 11.1. The van der Waals surface area contributed by atoms with Crippen LogP contribution in [0.25, 0.3) is 5.69 Å². The summed E-state index contributed by atoms with van der Waals surface area (Å²) in [5.41, 5.74) is 5.16. The molecule has 0 aliphatic rings. The van der Waals surface area contributed by atoms with Gasteiger partial charge in [-0.05, 0) is 35.1 Å². The van der Waals surface area contributed by atoms with Crippen LogP contribution >= 0.6 is 0 Å². The molecule has 2 N–H and O–H groups in total. The van der Waals surface area contributed by atoms with Gasteiger partial charge in [0.1, 0.15) is 0 Å². The highest BCUT2D eigenvalue weighted by molar-refractivity contribution is 5.91. The van der Waals surface area contributed by atoms with Crippen LogP contribution in [0.4, 0.5) is 10.5 Å². The van der Waals surface area contributed by atoms with E-state index in [-0.39, 0.29) is 6.03 Å². The Hall–Kier alpha value is -3.08. The van der Waals surface area contributed by atoms with Crippen molar-refractivity contribution in [1.82, 2.24) is 15.1 Å². The topological polar surface area (TPSA) is 59.0 Å². The average Bonchev–Trinajstić information content (AvgIpc) is 3.16. The summed E-state index contributed by atoms with van der Waals surface area (Å²) < 4.78 is 1.81.